The van der Waals surface area contributed by atoms with Gasteiger partial charge in [0.05, 0.1) is 6.20 Å². The standard InChI is InChI=1S/C6H2ClFINO2/c7-12-6(11)5-4(9)1-3(8)2-10-5/h1-2H. The van der Waals surface area contributed by atoms with Gasteiger partial charge in [0.25, 0.3) is 0 Å². The van der Waals surface area contributed by atoms with Crippen LogP contribution in [-0.4, -0.2) is 11.0 Å². The lowest BCUT2D eigenvalue weighted by Gasteiger charge is -1.97. The maximum Gasteiger partial charge on any atom is 0.376 e. The molecule has 1 heterocycles. The molecule has 3 nitrogen and oxygen atoms in total. The molecule has 0 fully saturated rings. The zero-order valence-corrected chi connectivity index (χ0v) is 8.47. The Morgan fingerprint density at radius 2 is 2.42 bits per heavy atom. The van der Waals surface area contributed by atoms with Crippen LogP contribution in [0.15, 0.2) is 12.3 Å². The van der Waals surface area contributed by atoms with Crippen molar-refractivity contribution in [1.29, 1.82) is 0 Å². The van der Waals surface area contributed by atoms with Crippen molar-refractivity contribution >= 4 is 40.4 Å². The SMILES string of the molecule is O=C(OCl)c1ncc(F)cc1I. The average Bonchev–Trinajstić information content (AvgIpc) is 2.03. The van der Waals surface area contributed by atoms with E-state index < -0.39 is 11.8 Å². The molecule has 64 valence electrons. The third kappa shape index (κ3) is 2.04. The van der Waals surface area contributed by atoms with Gasteiger partial charge in [-0.15, -0.1) is 0 Å². The molecular weight excluding hydrogens is 299 g/mol. The molecule has 0 saturated heterocycles. The molecule has 0 bridgehead atoms. The first-order valence-corrected chi connectivity index (χ1v) is 4.18. The van der Waals surface area contributed by atoms with E-state index in [0.29, 0.717) is 3.57 Å². The molecule has 0 aromatic carbocycles. The van der Waals surface area contributed by atoms with Crippen LogP contribution >= 0.6 is 34.5 Å². The molecule has 6 heteroatoms. The first-order valence-electron chi connectivity index (χ1n) is 2.79. The number of aromatic nitrogens is 1. The van der Waals surface area contributed by atoms with Crippen LogP contribution in [0.2, 0.25) is 0 Å². The Kier molecular flexibility index (Phi) is 3.21. The van der Waals surface area contributed by atoms with E-state index in [2.05, 4.69) is 9.27 Å². The molecule has 0 aliphatic heterocycles. The maximum absolute atomic E-state index is 12.5. The number of carbonyl (C=O) groups excluding carboxylic acids is 1. The normalized spacial score (nSPS) is 9.58. The maximum atomic E-state index is 12.5. The summed E-state index contributed by atoms with van der Waals surface area (Å²) in [5.74, 6) is -1.30. The summed E-state index contributed by atoms with van der Waals surface area (Å²) in [6.45, 7) is 0. The Morgan fingerprint density at radius 1 is 1.75 bits per heavy atom. The summed E-state index contributed by atoms with van der Waals surface area (Å²) in [4.78, 5) is 14.3. The molecule has 12 heavy (non-hydrogen) atoms. The minimum absolute atomic E-state index is 0.00648. The monoisotopic (exact) mass is 301 g/mol. The van der Waals surface area contributed by atoms with E-state index in [0.717, 1.165) is 12.3 Å². The molecule has 0 atom stereocenters. The first kappa shape index (κ1) is 9.66. The number of halogens is 3. The van der Waals surface area contributed by atoms with Crippen LogP contribution in [0.25, 0.3) is 0 Å². The van der Waals surface area contributed by atoms with Gasteiger partial charge in [0, 0.05) is 3.57 Å². The second-order valence-corrected chi connectivity index (χ2v) is 3.17. The van der Waals surface area contributed by atoms with E-state index in [1.54, 1.807) is 22.6 Å². The summed E-state index contributed by atoms with van der Waals surface area (Å²) in [5.41, 5.74) is 0.00648. The van der Waals surface area contributed by atoms with Crippen molar-refractivity contribution in [1.82, 2.24) is 4.98 Å². The Hall–Kier alpha value is -0.430. The van der Waals surface area contributed by atoms with Crippen molar-refractivity contribution < 1.29 is 13.5 Å². The predicted octanol–water partition coefficient (Wildman–Crippen LogP) is 2.14. The second-order valence-electron chi connectivity index (χ2n) is 1.85. The van der Waals surface area contributed by atoms with Gasteiger partial charge in [0.15, 0.2) is 5.69 Å². The molecule has 1 rings (SSSR count). The minimum Gasteiger partial charge on any atom is -0.342 e. The van der Waals surface area contributed by atoms with E-state index in [9.17, 15) is 9.18 Å². The number of pyridine rings is 1. The summed E-state index contributed by atoms with van der Waals surface area (Å²) < 4.78 is 16.7. The van der Waals surface area contributed by atoms with Gasteiger partial charge >= 0.3 is 5.97 Å². The van der Waals surface area contributed by atoms with E-state index in [1.165, 1.54) is 0 Å². The van der Waals surface area contributed by atoms with E-state index in [4.69, 9.17) is 11.9 Å². The first-order chi connectivity index (χ1) is 5.65. The van der Waals surface area contributed by atoms with E-state index >= 15 is 0 Å². The summed E-state index contributed by atoms with van der Waals surface area (Å²) in [6.07, 6.45) is 0.922. The highest BCUT2D eigenvalue weighted by atomic mass is 127. The molecule has 0 radical (unpaired) electrons. The summed E-state index contributed by atoms with van der Waals surface area (Å²) >= 11 is 6.57. The van der Waals surface area contributed by atoms with Crippen molar-refractivity contribution in [2.75, 3.05) is 0 Å². The van der Waals surface area contributed by atoms with Gasteiger partial charge in [0.1, 0.15) is 17.7 Å². The summed E-state index contributed by atoms with van der Waals surface area (Å²) in [6, 6.07) is 1.16. The van der Waals surface area contributed by atoms with Crippen molar-refractivity contribution in [2.45, 2.75) is 0 Å². The molecule has 1 aromatic heterocycles. The van der Waals surface area contributed by atoms with Crippen LogP contribution in [0, 0.1) is 9.39 Å². The van der Waals surface area contributed by atoms with E-state index in [1.807, 2.05) is 0 Å². The lowest BCUT2D eigenvalue weighted by Crippen LogP contribution is -2.04. The van der Waals surface area contributed by atoms with Crippen LogP contribution in [0.1, 0.15) is 10.5 Å². The number of nitrogens with zero attached hydrogens (tertiary/aromatic N) is 1. The van der Waals surface area contributed by atoms with Crippen molar-refractivity contribution in [3.63, 3.8) is 0 Å². The van der Waals surface area contributed by atoms with Crippen molar-refractivity contribution in [3.8, 4) is 0 Å². The molecule has 0 amide bonds. The van der Waals surface area contributed by atoms with Gasteiger partial charge in [-0.25, -0.2) is 14.2 Å². The van der Waals surface area contributed by atoms with Crippen molar-refractivity contribution in [3.05, 3.63) is 27.3 Å². The molecule has 0 spiro atoms. The largest absolute Gasteiger partial charge is 0.376 e. The minimum atomic E-state index is -0.791. The Labute approximate surface area is 86.2 Å². The van der Waals surface area contributed by atoms with Gasteiger partial charge in [0.2, 0.25) is 0 Å². The quantitative estimate of drug-likeness (QED) is 0.746. The number of rotatable bonds is 1. The fourth-order valence-electron chi connectivity index (χ4n) is 0.601. The fraction of sp³-hybridized carbons (Fsp3) is 0. The van der Waals surface area contributed by atoms with Crippen LogP contribution in [-0.2, 0) is 4.29 Å². The highest BCUT2D eigenvalue weighted by Gasteiger charge is 2.13. The second kappa shape index (κ2) is 3.99. The number of hydrogen-bond acceptors (Lipinski definition) is 3. The van der Waals surface area contributed by atoms with Crippen LogP contribution in [0.3, 0.4) is 0 Å². The third-order valence-electron chi connectivity index (χ3n) is 1.07. The Balaban J connectivity index is 3.09. The molecule has 0 saturated carbocycles. The Morgan fingerprint density at radius 3 is 2.92 bits per heavy atom. The van der Waals surface area contributed by atoms with Gasteiger partial charge in [-0.1, -0.05) is 0 Å². The Bertz CT molecular complexity index is 320. The highest BCUT2D eigenvalue weighted by Crippen LogP contribution is 2.12. The van der Waals surface area contributed by atoms with Gasteiger partial charge in [-0.2, -0.15) is 0 Å². The van der Waals surface area contributed by atoms with Crippen molar-refractivity contribution in [2.24, 2.45) is 0 Å². The predicted molar refractivity (Wildman–Crippen MR) is 48.2 cm³/mol. The molecule has 0 aliphatic rings. The molecule has 0 N–H and O–H groups in total. The van der Waals surface area contributed by atoms with Crippen LogP contribution < -0.4 is 0 Å². The summed E-state index contributed by atoms with van der Waals surface area (Å²) in [7, 11) is 0. The third-order valence-corrected chi connectivity index (χ3v) is 2.03. The highest BCUT2D eigenvalue weighted by molar-refractivity contribution is 14.1. The molecule has 0 unspecified atom stereocenters. The smallest absolute Gasteiger partial charge is 0.342 e. The summed E-state index contributed by atoms with van der Waals surface area (Å²) in [5, 5.41) is 0. The van der Waals surface area contributed by atoms with Crippen LogP contribution in [0.4, 0.5) is 4.39 Å². The topological polar surface area (TPSA) is 39.2 Å². The lowest BCUT2D eigenvalue weighted by molar-refractivity contribution is 0.0744. The number of carbonyl (C=O) groups is 1. The zero-order chi connectivity index (χ0) is 9.14. The zero-order valence-electron chi connectivity index (χ0n) is 5.55. The lowest BCUT2D eigenvalue weighted by atomic mass is 10.3. The molecule has 1 aromatic rings. The van der Waals surface area contributed by atoms with E-state index in [-0.39, 0.29) is 5.69 Å². The fourth-order valence-corrected chi connectivity index (χ4v) is 1.33. The molecule has 0 aliphatic carbocycles. The van der Waals surface area contributed by atoms with Gasteiger partial charge < -0.3 is 4.29 Å². The van der Waals surface area contributed by atoms with Gasteiger partial charge in [-0.3, -0.25) is 0 Å². The number of hydrogen-bond donors (Lipinski definition) is 0. The van der Waals surface area contributed by atoms with Gasteiger partial charge in [-0.05, 0) is 28.7 Å². The van der Waals surface area contributed by atoms with Crippen LogP contribution in [0.5, 0.6) is 0 Å². The molecular formula is C6H2ClFINO2. The average molecular weight is 301 g/mol.